The molecule has 12 nitrogen and oxygen atoms in total. The molecule has 0 radical (unpaired) electrons. The van der Waals surface area contributed by atoms with Crippen LogP contribution in [0, 0.1) is 0 Å². The number of alkyl halides is 2. The van der Waals surface area contributed by atoms with Crippen molar-refractivity contribution >= 4 is 44.7 Å². The lowest BCUT2D eigenvalue weighted by Crippen LogP contribution is -2.23. The second-order valence-electron chi connectivity index (χ2n) is 8.80. The first-order chi connectivity index (χ1) is 19.4. The molecule has 0 aliphatic carbocycles. The first kappa shape index (κ1) is 40.0. The van der Waals surface area contributed by atoms with Gasteiger partial charge >= 0.3 is 33.2 Å². The van der Waals surface area contributed by atoms with Gasteiger partial charge in [0.1, 0.15) is 5.60 Å². The molecule has 0 unspecified atom stereocenters. The third-order valence-electron chi connectivity index (χ3n) is 4.37. The Balaban J connectivity index is 0. The molecule has 0 spiro atoms. The predicted octanol–water partition coefficient (Wildman–Crippen LogP) is 3.88. The lowest BCUT2D eigenvalue weighted by Gasteiger charge is -2.19. The molecule has 0 amide bonds. The van der Waals surface area contributed by atoms with Gasteiger partial charge in [-0.15, -0.1) is 25.3 Å². The van der Waals surface area contributed by atoms with Crippen LogP contribution in [0.15, 0.2) is 48.5 Å². The maximum Gasteiger partial charge on any atom is 0.425 e. The Bertz CT molecular complexity index is 1340. The van der Waals surface area contributed by atoms with Crippen molar-refractivity contribution in [2.24, 2.45) is 0 Å². The van der Waals surface area contributed by atoms with Crippen LogP contribution in [0.4, 0.5) is 8.78 Å². The summed E-state index contributed by atoms with van der Waals surface area (Å²) in [5.41, 5.74) is 0.899. The Labute approximate surface area is 243 Å². The largest absolute Gasteiger partial charge is 0.478 e. The molecule has 0 saturated carbocycles. The zero-order valence-electron chi connectivity index (χ0n) is 22.9. The van der Waals surface area contributed by atoms with E-state index in [1.807, 2.05) is 0 Å². The van der Waals surface area contributed by atoms with Gasteiger partial charge in [0.25, 0.3) is 0 Å². The third-order valence-corrected chi connectivity index (χ3v) is 4.37. The minimum Gasteiger partial charge on any atom is -0.478 e. The Hall–Kier alpha value is -4.18. The number of carbonyl (C=O) groups is 4. The highest BCUT2D eigenvalue weighted by Crippen LogP contribution is 2.14. The third kappa shape index (κ3) is 21.6. The molecule has 232 valence electrons. The van der Waals surface area contributed by atoms with Gasteiger partial charge in [-0.3, -0.25) is 18.4 Å². The standard InChI is InChI=1S/C15H19FO3.C11H11FO3.2O3S/c1-15(2,3)19-14(18)12-8-6-11(7-9-12)13(17)5-4-10-16;12-7-1-2-10(13)8-3-5-9(6-4-8)11(14)15;2*1-4(2)3/h6-9H,4-5,10H2,1-3H3;3-6H,1-2,7H2,(H,14,15);;. The molecular weight excluding hydrogens is 606 g/mol. The number of esters is 1. The van der Waals surface area contributed by atoms with Gasteiger partial charge in [-0.2, -0.15) is 0 Å². The summed E-state index contributed by atoms with van der Waals surface area (Å²) in [5, 5.41) is 8.62. The van der Waals surface area contributed by atoms with E-state index >= 15 is 0 Å². The van der Waals surface area contributed by atoms with Crippen LogP contribution < -0.4 is 0 Å². The number of rotatable bonds is 10. The summed E-state index contributed by atoms with van der Waals surface area (Å²) in [4.78, 5) is 45.3. The maximum absolute atomic E-state index is 12.0. The molecule has 0 aromatic heterocycles. The van der Waals surface area contributed by atoms with Gasteiger partial charge in [-0.25, -0.2) is 9.59 Å². The van der Waals surface area contributed by atoms with Crippen LogP contribution in [0.2, 0.25) is 0 Å². The van der Waals surface area contributed by atoms with E-state index in [9.17, 15) is 28.0 Å². The molecule has 2 rings (SSSR count). The molecule has 2 aromatic carbocycles. The normalized spacial score (nSPS) is 9.74. The molecule has 1 N–H and O–H groups in total. The average molecular weight is 637 g/mol. The number of aromatic carboxylic acids is 1. The Kier molecular flexibility index (Phi) is 20.5. The first-order valence-corrected chi connectivity index (χ1v) is 13.8. The fourth-order valence-electron chi connectivity index (χ4n) is 2.67. The monoisotopic (exact) mass is 636 g/mol. The molecule has 0 atom stereocenters. The predicted molar refractivity (Wildman–Crippen MR) is 143 cm³/mol. The van der Waals surface area contributed by atoms with Crippen molar-refractivity contribution in [1.29, 1.82) is 0 Å². The van der Waals surface area contributed by atoms with Gasteiger partial charge in [-0.05, 0) is 57.9 Å². The first-order valence-electron chi connectivity index (χ1n) is 11.8. The van der Waals surface area contributed by atoms with E-state index < -0.39 is 52.1 Å². The van der Waals surface area contributed by atoms with E-state index in [1.54, 1.807) is 45.0 Å². The number of hydrogen-bond acceptors (Lipinski definition) is 11. The molecule has 16 heteroatoms. The van der Waals surface area contributed by atoms with Crippen LogP contribution in [0.1, 0.15) is 87.9 Å². The molecule has 0 aliphatic rings. The number of ketones is 2. The second kappa shape index (κ2) is 21.6. The number of carboxylic acids is 1. The van der Waals surface area contributed by atoms with E-state index in [-0.39, 0.29) is 42.8 Å². The smallest absolute Gasteiger partial charge is 0.425 e. The van der Waals surface area contributed by atoms with Gasteiger partial charge in [-0.1, -0.05) is 24.3 Å². The summed E-state index contributed by atoms with van der Waals surface area (Å²) in [6, 6.07) is 11.9. The van der Waals surface area contributed by atoms with Crippen LogP contribution in [0.25, 0.3) is 0 Å². The Morgan fingerprint density at radius 3 is 1.19 bits per heavy atom. The Morgan fingerprint density at radius 2 is 0.929 bits per heavy atom. The zero-order chi connectivity index (χ0) is 32.9. The highest BCUT2D eigenvalue weighted by atomic mass is 32.2. The molecule has 0 fully saturated rings. The quantitative estimate of drug-likeness (QED) is 0.292. The minimum absolute atomic E-state index is 0.117. The number of carboxylic acid groups (broad SMARTS) is 1. The minimum atomic E-state index is -3.11. The number of Topliss-reactive ketones (excluding diaryl/α,β-unsaturated/α-hetero) is 2. The van der Waals surface area contributed by atoms with Gasteiger partial charge < -0.3 is 9.84 Å². The number of ether oxygens (including phenoxy) is 1. The van der Waals surface area contributed by atoms with Crippen LogP contribution in [-0.4, -0.2) is 72.8 Å². The maximum atomic E-state index is 12.0. The summed E-state index contributed by atoms with van der Waals surface area (Å²) in [5.74, 6) is -1.73. The lowest BCUT2D eigenvalue weighted by atomic mass is 10.0. The van der Waals surface area contributed by atoms with Crippen molar-refractivity contribution in [3.05, 3.63) is 70.8 Å². The van der Waals surface area contributed by atoms with Crippen LogP contribution >= 0.6 is 0 Å². The lowest BCUT2D eigenvalue weighted by molar-refractivity contribution is 0.00689. The number of benzene rings is 2. The van der Waals surface area contributed by atoms with Crippen molar-refractivity contribution in [1.82, 2.24) is 0 Å². The van der Waals surface area contributed by atoms with Crippen molar-refractivity contribution < 1.29 is 63.1 Å². The van der Waals surface area contributed by atoms with Crippen molar-refractivity contribution in [2.45, 2.75) is 52.1 Å². The molecular formula is C26H30F2O12S2. The molecule has 2 aromatic rings. The highest BCUT2D eigenvalue weighted by Gasteiger charge is 2.18. The summed E-state index contributed by atoms with van der Waals surface area (Å²) < 4.78 is 79.7. The second-order valence-corrected chi connectivity index (χ2v) is 9.62. The average Bonchev–Trinajstić information content (AvgIpc) is 2.89. The van der Waals surface area contributed by atoms with E-state index in [1.165, 1.54) is 24.3 Å². The summed E-state index contributed by atoms with van der Waals surface area (Å²) in [6.07, 6.45) is 0.775. The number of hydrogen-bond donors (Lipinski definition) is 1. The molecule has 0 saturated heterocycles. The fourth-order valence-corrected chi connectivity index (χ4v) is 2.67. The molecule has 0 aliphatic heterocycles. The topological polar surface area (TPSA) is 200 Å². The number of halogens is 2. The summed E-state index contributed by atoms with van der Waals surface area (Å²) in [6.45, 7) is 4.36. The van der Waals surface area contributed by atoms with Gasteiger partial charge in [0.2, 0.25) is 0 Å². The van der Waals surface area contributed by atoms with E-state index in [0.717, 1.165) is 0 Å². The highest BCUT2D eigenvalue weighted by molar-refractivity contribution is 7.59. The van der Waals surface area contributed by atoms with E-state index in [2.05, 4.69) is 0 Å². The number of carbonyl (C=O) groups excluding carboxylic acids is 3. The van der Waals surface area contributed by atoms with Crippen molar-refractivity contribution in [2.75, 3.05) is 13.3 Å². The Morgan fingerprint density at radius 1 is 0.643 bits per heavy atom. The van der Waals surface area contributed by atoms with E-state index in [0.29, 0.717) is 16.7 Å². The SMILES string of the molecule is CC(C)(C)OC(=O)c1ccc(C(=O)CCCF)cc1.O=C(O)c1ccc(C(=O)CCCF)cc1.O=S(=O)=O.O=S(=O)=O. The molecule has 42 heavy (non-hydrogen) atoms. The van der Waals surface area contributed by atoms with E-state index in [4.69, 9.17) is 35.1 Å². The van der Waals surface area contributed by atoms with Gasteiger partial charge in [0.15, 0.2) is 11.6 Å². The van der Waals surface area contributed by atoms with Gasteiger partial charge in [0, 0.05) is 24.0 Å². The molecule has 0 heterocycles. The van der Waals surface area contributed by atoms with Crippen LogP contribution in [0.5, 0.6) is 0 Å². The van der Waals surface area contributed by atoms with Crippen LogP contribution in [-0.2, 0) is 26.0 Å². The van der Waals surface area contributed by atoms with Crippen molar-refractivity contribution in [3.63, 3.8) is 0 Å². The van der Waals surface area contributed by atoms with Gasteiger partial charge in [0.05, 0.1) is 24.5 Å². The summed E-state index contributed by atoms with van der Waals surface area (Å²) >= 11 is 0. The molecule has 0 bridgehead atoms. The zero-order valence-corrected chi connectivity index (χ0v) is 24.5. The van der Waals surface area contributed by atoms with Crippen molar-refractivity contribution in [3.8, 4) is 0 Å². The van der Waals surface area contributed by atoms with Crippen LogP contribution in [0.3, 0.4) is 0 Å². The fraction of sp³-hybridized carbons (Fsp3) is 0.385. The summed E-state index contributed by atoms with van der Waals surface area (Å²) in [7, 11) is -6.22.